The molecule has 1 saturated carbocycles. The zero-order chi connectivity index (χ0) is 16.5. The molecule has 0 heterocycles. The number of aromatic hydroxyl groups is 1. The van der Waals surface area contributed by atoms with Crippen molar-refractivity contribution in [2.75, 3.05) is 19.3 Å². The fourth-order valence-corrected chi connectivity index (χ4v) is 4.15. The summed E-state index contributed by atoms with van der Waals surface area (Å²) < 4.78 is 0. The molecule has 0 saturated heterocycles. The van der Waals surface area contributed by atoms with Crippen molar-refractivity contribution in [3.63, 3.8) is 0 Å². The van der Waals surface area contributed by atoms with E-state index in [-0.39, 0.29) is 24.0 Å². The number of phenols is 1. The van der Waals surface area contributed by atoms with Crippen molar-refractivity contribution < 1.29 is 5.11 Å². The highest BCUT2D eigenvalue weighted by atomic mass is 127. The molecule has 3 N–H and O–H groups in total. The zero-order valence-electron chi connectivity index (χ0n) is 14.6. The van der Waals surface area contributed by atoms with Crippen molar-refractivity contribution in [1.29, 1.82) is 0 Å². The summed E-state index contributed by atoms with van der Waals surface area (Å²) in [6, 6.07) is 8.00. The van der Waals surface area contributed by atoms with Gasteiger partial charge in [-0.05, 0) is 55.6 Å². The van der Waals surface area contributed by atoms with Crippen LogP contribution in [0.25, 0.3) is 0 Å². The summed E-state index contributed by atoms with van der Waals surface area (Å²) in [5, 5.41) is 17.1. The number of aliphatic imine (C=N–C) groups is 1. The molecule has 1 aliphatic carbocycles. The van der Waals surface area contributed by atoms with Gasteiger partial charge in [0.25, 0.3) is 0 Å². The quantitative estimate of drug-likeness (QED) is 0.249. The number of thioether (sulfide) groups is 1. The van der Waals surface area contributed by atoms with E-state index in [9.17, 15) is 5.11 Å². The molecule has 0 radical (unpaired) electrons. The lowest BCUT2D eigenvalue weighted by Crippen LogP contribution is -2.42. The van der Waals surface area contributed by atoms with Crippen molar-refractivity contribution in [1.82, 2.24) is 10.6 Å². The lowest BCUT2D eigenvalue weighted by atomic mass is 10.1. The van der Waals surface area contributed by atoms with E-state index in [1.54, 1.807) is 12.1 Å². The van der Waals surface area contributed by atoms with Crippen LogP contribution in [-0.2, 0) is 6.42 Å². The van der Waals surface area contributed by atoms with Crippen LogP contribution in [0.4, 0.5) is 0 Å². The Labute approximate surface area is 167 Å². The maximum absolute atomic E-state index is 9.28. The van der Waals surface area contributed by atoms with Crippen LogP contribution in [0, 0.1) is 0 Å². The van der Waals surface area contributed by atoms with E-state index >= 15 is 0 Å². The van der Waals surface area contributed by atoms with Crippen LogP contribution < -0.4 is 10.6 Å². The van der Waals surface area contributed by atoms with E-state index in [0.717, 1.165) is 30.6 Å². The number of nitrogens with one attached hydrogen (secondary N) is 2. The van der Waals surface area contributed by atoms with Crippen LogP contribution in [0.1, 0.15) is 38.2 Å². The smallest absolute Gasteiger partial charge is 0.191 e. The molecule has 0 spiro atoms. The van der Waals surface area contributed by atoms with Gasteiger partial charge in [0.15, 0.2) is 5.96 Å². The molecule has 6 heteroatoms. The largest absolute Gasteiger partial charge is 0.508 e. The zero-order valence-corrected chi connectivity index (χ0v) is 17.8. The molecule has 0 aromatic heterocycles. The molecular formula is C18H30IN3OS. The SMILES string of the molecule is CCSC1CCC(NC(=NC)NCCCc2ccc(O)cc2)C1.I. The minimum absolute atomic E-state index is 0. The second-order valence-electron chi connectivity index (χ2n) is 6.00. The van der Waals surface area contributed by atoms with E-state index in [4.69, 9.17) is 0 Å². The van der Waals surface area contributed by atoms with Crippen molar-refractivity contribution in [3.05, 3.63) is 29.8 Å². The van der Waals surface area contributed by atoms with Crippen molar-refractivity contribution in [3.8, 4) is 5.75 Å². The summed E-state index contributed by atoms with van der Waals surface area (Å²) in [5.74, 6) is 2.46. The number of rotatable bonds is 7. The van der Waals surface area contributed by atoms with Gasteiger partial charge in [0.2, 0.25) is 0 Å². The Bertz CT molecular complexity index is 496. The first-order valence-corrected chi connectivity index (χ1v) is 9.62. The molecule has 136 valence electrons. The number of hydrogen-bond acceptors (Lipinski definition) is 3. The Kier molecular flexibility index (Phi) is 10.6. The van der Waals surface area contributed by atoms with Crippen LogP contribution in [0.3, 0.4) is 0 Å². The highest BCUT2D eigenvalue weighted by molar-refractivity contribution is 14.0. The monoisotopic (exact) mass is 463 g/mol. The molecule has 1 fully saturated rings. The maximum Gasteiger partial charge on any atom is 0.191 e. The van der Waals surface area contributed by atoms with Gasteiger partial charge in [0.1, 0.15) is 5.75 Å². The first kappa shape index (κ1) is 21.4. The van der Waals surface area contributed by atoms with Gasteiger partial charge in [-0.25, -0.2) is 0 Å². The van der Waals surface area contributed by atoms with Gasteiger partial charge in [0, 0.05) is 24.9 Å². The minimum atomic E-state index is 0. The first-order chi connectivity index (χ1) is 11.2. The number of benzene rings is 1. The number of aryl methyl sites for hydroxylation is 1. The first-order valence-electron chi connectivity index (χ1n) is 8.58. The lowest BCUT2D eigenvalue weighted by Gasteiger charge is -2.17. The molecule has 1 aromatic rings. The third-order valence-corrected chi connectivity index (χ3v) is 5.46. The van der Waals surface area contributed by atoms with Gasteiger partial charge < -0.3 is 15.7 Å². The summed E-state index contributed by atoms with van der Waals surface area (Å²) in [5.41, 5.74) is 1.25. The number of nitrogens with zero attached hydrogens (tertiary/aromatic N) is 1. The average Bonchev–Trinajstić information content (AvgIpc) is 2.99. The average molecular weight is 463 g/mol. The molecular weight excluding hydrogens is 433 g/mol. The predicted molar refractivity (Wildman–Crippen MR) is 116 cm³/mol. The second kappa shape index (κ2) is 11.8. The van der Waals surface area contributed by atoms with E-state index in [2.05, 4.69) is 34.3 Å². The fraction of sp³-hybridized carbons (Fsp3) is 0.611. The molecule has 1 aliphatic rings. The lowest BCUT2D eigenvalue weighted by molar-refractivity contribution is 0.475. The van der Waals surface area contributed by atoms with E-state index in [1.807, 2.05) is 19.2 Å². The van der Waals surface area contributed by atoms with Gasteiger partial charge in [-0.15, -0.1) is 24.0 Å². The Balaban J connectivity index is 0.00000288. The second-order valence-corrected chi connectivity index (χ2v) is 7.58. The van der Waals surface area contributed by atoms with Crippen molar-refractivity contribution >= 4 is 41.7 Å². The standard InChI is InChI=1S/C18H29N3OS.HI/c1-3-23-17-11-8-15(13-17)21-18(19-2)20-12-4-5-14-6-9-16(22)10-7-14;/h6-7,9-10,15,17,22H,3-5,8,11-13H2,1-2H3,(H2,19,20,21);1H. The number of halogens is 1. The Morgan fingerprint density at radius 2 is 2.04 bits per heavy atom. The molecule has 4 nitrogen and oxygen atoms in total. The molecule has 2 unspecified atom stereocenters. The van der Waals surface area contributed by atoms with Crippen molar-refractivity contribution in [2.24, 2.45) is 4.99 Å². The van der Waals surface area contributed by atoms with E-state index < -0.39 is 0 Å². The van der Waals surface area contributed by atoms with Gasteiger partial charge >= 0.3 is 0 Å². The van der Waals surface area contributed by atoms with Crippen LogP contribution >= 0.6 is 35.7 Å². The molecule has 0 amide bonds. The van der Waals surface area contributed by atoms with Gasteiger partial charge in [-0.1, -0.05) is 19.1 Å². The minimum Gasteiger partial charge on any atom is -0.508 e. The maximum atomic E-state index is 9.28. The molecule has 2 rings (SSSR count). The highest BCUT2D eigenvalue weighted by Gasteiger charge is 2.24. The van der Waals surface area contributed by atoms with Gasteiger partial charge in [-0.2, -0.15) is 11.8 Å². The Hall–Kier alpha value is -0.630. The van der Waals surface area contributed by atoms with Crippen LogP contribution in [-0.4, -0.2) is 41.7 Å². The summed E-state index contributed by atoms with van der Waals surface area (Å²) >= 11 is 2.08. The van der Waals surface area contributed by atoms with Gasteiger partial charge in [-0.3, -0.25) is 4.99 Å². The summed E-state index contributed by atoms with van der Waals surface area (Å²) in [7, 11) is 1.84. The van der Waals surface area contributed by atoms with Crippen molar-refractivity contribution in [2.45, 2.75) is 50.3 Å². The summed E-state index contributed by atoms with van der Waals surface area (Å²) in [6.07, 6.45) is 5.85. The molecule has 1 aromatic carbocycles. The van der Waals surface area contributed by atoms with Crippen LogP contribution in [0.15, 0.2) is 29.3 Å². The predicted octanol–water partition coefficient (Wildman–Crippen LogP) is 3.78. The fourth-order valence-electron chi connectivity index (χ4n) is 3.01. The summed E-state index contributed by atoms with van der Waals surface area (Å²) in [4.78, 5) is 4.33. The van der Waals surface area contributed by atoms with Crippen LogP contribution in [0.5, 0.6) is 5.75 Å². The molecule has 24 heavy (non-hydrogen) atoms. The van der Waals surface area contributed by atoms with E-state index in [0.29, 0.717) is 11.8 Å². The highest BCUT2D eigenvalue weighted by Crippen LogP contribution is 2.29. The van der Waals surface area contributed by atoms with E-state index in [1.165, 1.54) is 30.6 Å². The Morgan fingerprint density at radius 1 is 1.29 bits per heavy atom. The normalized spacial score (nSPS) is 20.5. The molecule has 2 atom stereocenters. The molecule has 0 aliphatic heterocycles. The topological polar surface area (TPSA) is 56.7 Å². The van der Waals surface area contributed by atoms with Gasteiger partial charge in [0.05, 0.1) is 0 Å². The molecule has 0 bridgehead atoms. The van der Waals surface area contributed by atoms with Crippen LogP contribution in [0.2, 0.25) is 0 Å². The number of phenolic OH excluding ortho intramolecular Hbond substituents is 1. The Morgan fingerprint density at radius 3 is 2.71 bits per heavy atom. The number of hydrogen-bond donors (Lipinski definition) is 3. The third-order valence-electron chi connectivity index (χ3n) is 4.22. The summed E-state index contributed by atoms with van der Waals surface area (Å²) in [6.45, 7) is 3.14. The third kappa shape index (κ3) is 7.51. The number of guanidine groups is 1.